The van der Waals surface area contributed by atoms with Crippen LogP contribution in [0.25, 0.3) is 0 Å². The first-order valence-corrected chi connectivity index (χ1v) is 11.9. The van der Waals surface area contributed by atoms with Crippen LogP contribution in [0.1, 0.15) is 49.4 Å². The van der Waals surface area contributed by atoms with Crippen LogP contribution < -0.4 is 9.62 Å². The summed E-state index contributed by atoms with van der Waals surface area (Å²) in [4.78, 5) is 13.2. The van der Waals surface area contributed by atoms with Gasteiger partial charge in [0.2, 0.25) is 15.9 Å². The van der Waals surface area contributed by atoms with Gasteiger partial charge < -0.3 is 5.32 Å². The Morgan fingerprint density at radius 1 is 1.10 bits per heavy atom. The van der Waals surface area contributed by atoms with Crippen LogP contribution in [0.3, 0.4) is 0 Å². The fourth-order valence-electron chi connectivity index (χ4n) is 3.56. The van der Waals surface area contributed by atoms with E-state index in [1.54, 1.807) is 31.2 Å². The summed E-state index contributed by atoms with van der Waals surface area (Å²) in [6.45, 7) is 7.84. The molecule has 2 aromatic rings. The van der Waals surface area contributed by atoms with Gasteiger partial charge in [0.25, 0.3) is 0 Å². The molecule has 0 heterocycles. The van der Waals surface area contributed by atoms with Gasteiger partial charge in [0.05, 0.1) is 18.0 Å². The third kappa shape index (κ3) is 5.73. The Morgan fingerprint density at radius 2 is 1.79 bits per heavy atom. The number of nitrogens with one attached hydrogen (secondary N) is 1. The van der Waals surface area contributed by atoms with Gasteiger partial charge in [-0.2, -0.15) is 0 Å². The summed E-state index contributed by atoms with van der Waals surface area (Å²) in [6.07, 6.45) is 2.13. The summed E-state index contributed by atoms with van der Waals surface area (Å²) in [5, 5.41) is 3.46. The van der Waals surface area contributed by atoms with Crippen molar-refractivity contribution in [2.75, 3.05) is 10.6 Å². The molecule has 7 heteroatoms. The second-order valence-corrected chi connectivity index (χ2v) is 9.59. The topological polar surface area (TPSA) is 66.5 Å². The van der Waals surface area contributed by atoms with E-state index in [0.29, 0.717) is 23.6 Å². The van der Waals surface area contributed by atoms with Crippen molar-refractivity contribution in [3.05, 3.63) is 64.2 Å². The van der Waals surface area contributed by atoms with E-state index in [-0.39, 0.29) is 11.9 Å². The maximum absolute atomic E-state index is 13.2. The van der Waals surface area contributed by atoms with Gasteiger partial charge in [-0.05, 0) is 56.0 Å². The molecule has 0 unspecified atom stereocenters. The molecule has 0 bridgehead atoms. The lowest BCUT2D eigenvalue weighted by molar-refractivity contribution is -0.123. The van der Waals surface area contributed by atoms with Crippen molar-refractivity contribution in [2.24, 2.45) is 0 Å². The van der Waals surface area contributed by atoms with E-state index in [1.165, 1.54) is 0 Å². The fraction of sp³-hybridized carbons (Fsp3) is 0.409. The Morgan fingerprint density at radius 3 is 2.31 bits per heavy atom. The predicted molar refractivity (Wildman–Crippen MR) is 120 cm³/mol. The predicted octanol–water partition coefficient (Wildman–Crippen LogP) is 4.77. The molecule has 0 saturated carbocycles. The fourth-order valence-corrected chi connectivity index (χ4v) is 4.95. The van der Waals surface area contributed by atoms with E-state index in [0.717, 1.165) is 27.3 Å². The third-order valence-electron chi connectivity index (χ3n) is 4.92. The molecule has 0 radical (unpaired) electrons. The summed E-state index contributed by atoms with van der Waals surface area (Å²) in [6, 6.07) is 11.6. The number of hydrogen-bond acceptors (Lipinski definition) is 3. The molecule has 1 N–H and O–H groups in total. The minimum atomic E-state index is -3.70. The largest absolute Gasteiger partial charge is 0.347 e. The number of benzene rings is 2. The van der Waals surface area contributed by atoms with E-state index in [4.69, 9.17) is 11.6 Å². The Balaban J connectivity index is 2.38. The number of hydrogen-bond donors (Lipinski definition) is 1. The minimum absolute atomic E-state index is 0.196. The number of halogens is 1. The molecule has 0 aromatic heterocycles. The van der Waals surface area contributed by atoms with E-state index in [2.05, 4.69) is 11.4 Å². The number of carbonyl (C=O) groups excluding carboxylic acids is 1. The molecule has 5 nitrogen and oxygen atoms in total. The highest BCUT2D eigenvalue weighted by Crippen LogP contribution is 2.27. The smallest absolute Gasteiger partial charge is 0.244 e. The van der Waals surface area contributed by atoms with Crippen molar-refractivity contribution in [1.29, 1.82) is 0 Å². The summed E-state index contributed by atoms with van der Waals surface area (Å²) < 4.78 is 26.3. The van der Waals surface area contributed by atoms with E-state index in [9.17, 15) is 13.2 Å². The summed E-state index contributed by atoms with van der Waals surface area (Å²) in [5.41, 5.74) is 3.67. The number of nitrogens with zero attached hydrogens (tertiary/aromatic N) is 1. The molecule has 0 saturated heterocycles. The second kappa shape index (κ2) is 9.63. The molecule has 0 spiro atoms. The number of aryl methyl sites for hydroxylation is 2. The number of amides is 1. The quantitative estimate of drug-likeness (QED) is 0.648. The summed E-state index contributed by atoms with van der Waals surface area (Å²) in [5.74, 6) is -0.329. The second-order valence-electron chi connectivity index (χ2n) is 7.29. The number of rotatable bonds is 8. The van der Waals surface area contributed by atoms with Gasteiger partial charge >= 0.3 is 0 Å². The number of sulfonamides is 1. The van der Waals surface area contributed by atoms with Crippen molar-refractivity contribution in [2.45, 2.75) is 52.6 Å². The van der Waals surface area contributed by atoms with Crippen LogP contribution in [0.5, 0.6) is 0 Å². The van der Waals surface area contributed by atoms with Crippen LogP contribution in [0.4, 0.5) is 5.69 Å². The Bertz CT molecular complexity index is 976. The zero-order valence-electron chi connectivity index (χ0n) is 17.6. The van der Waals surface area contributed by atoms with Gasteiger partial charge in [-0.1, -0.05) is 55.3 Å². The van der Waals surface area contributed by atoms with Gasteiger partial charge in [-0.25, -0.2) is 8.42 Å². The molecule has 2 atom stereocenters. The maximum Gasteiger partial charge on any atom is 0.244 e. The monoisotopic (exact) mass is 436 g/mol. The van der Waals surface area contributed by atoms with Crippen LogP contribution >= 0.6 is 11.6 Å². The molecule has 29 heavy (non-hydrogen) atoms. The Hall–Kier alpha value is -2.05. The molecule has 158 valence electrons. The highest BCUT2D eigenvalue weighted by molar-refractivity contribution is 7.92. The molecule has 1 amide bonds. The average molecular weight is 437 g/mol. The molecule has 0 aliphatic rings. The van der Waals surface area contributed by atoms with E-state index < -0.39 is 16.1 Å². The first-order chi connectivity index (χ1) is 13.6. The highest BCUT2D eigenvalue weighted by atomic mass is 35.5. The average Bonchev–Trinajstić information content (AvgIpc) is 2.63. The molecule has 0 aliphatic heterocycles. The molecule has 2 aromatic carbocycles. The van der Waals surface area contributed by atoms with Crippen LogP contribution in [0.2, 0.25) is 5.02 Å². The molecule has 2 rings (SSSR count). The lowest BCUT2D eigenvalue weighted by atomic mass is 9.97. The maximum atomic E-state index is 13.2. The first-order valence-electron chi connectivity index (χ1n) is 9.71. The normalized spacial score (nSPS) is 13.6. The zero-order chi connectivity index (χ0) is 21.8. The van der Waals surface area contributed by atoms with Gasteiger partial charge in [0.1, 0.15) is 6.04 Å². The zero-order valence-corrected chi connectivity index (χ0v) is 19.1. The van der Waals surface area contributed by atoms with Gasteiger partial charge in [-0.3, -0.25) is 9.10 Å². The third-order valence-corrected chi connectivity index (χ3v) is 6.33. The minimum Gasteiger partial charge on any atom is -0.347 e. The SMILES string of the molecule is CC[C@H](NC(=O)[C@@H](CC)N(c1cccc(Cl)c1)S(C)(=O)=O)c1ccc(C)cc1C. The van der Waals surface area contributed by atoms with Gasteiger partial charge in [0.15, 0.2) is 0 Å². The van der Waals surface area contributed by atoms with Gasteiger partial charge in [-0.15, -0.1) is 0 Å². The van der Waals surface area contributed by atoms with Crippen LogP contribution in [-0.2, 0) is 14.8 Å². The van der Waals surface area contributed by atoms with Crippen molar-refractivity contribution < 1.29 is 13.2 Å². The Labute approximate surface area is 179 Å². The van der Waals surface area contributed by atoms with Crippen LogP contribution in [0, 0.1) is 13.8 Å². The van der Waals surface area contributed by atoms with Crippen molar-refractivity contribution >= 4 is 33.2 Å². The first kappa shape index (κ1) is 23.2. The molecular weight excluding hydrogens is 408 g/mol. The molecule has 0 fully saturated rings. The highest BCUT2D eigenvalue weighted by Gasteiger charge is 2.32. The van der Waals surface area contributed by atoms with Crippen molar-refractivity contribution in [1.82, 2.24) is 5.32 Å². The summed E-state index contributed by atoms with van der Waals surface area (Å²) >= 11 is 6.06. The van der Waals surface area contributed by atoms with Gasteiger partial charge in [0, 0.05) is 5.02 Å². The van der Waals surface area contributed by atoms with E-state index in [1.807, 2.05) is 32.9 Å². The standard InChI is InChI=1S/C22H29ClN2O3S/c1-6-20(19-12-11-15(3)13-16(19)4)24-22(26)21(7-2)25(29(5,27)28)18-10-8-9-17(23)14-18/h8-14,20-21H,6-7H2,1-5H3,(H,24,26)/t20-,21+/m0/s1. The lowest BCUT2D eigenvalue weighted by Crippen LogP contribution is -2.50. The van der Waals surface area contributed by atoms with Crippen LogP contribution in [0.15, 0.2) is 42.5 Å². The number of carbonyl (C=O) groups is 1. The van der Waals surface area contributed by atoms with Crippen LogP contribution in [-0.4, -0.2) is 26.6 Å². The Kier molecular flexibility index (Phi) is 7.72. The van der Waals surface area contributed by atoms with E-state index >= 15 is 0 Å². The number of anilines is 1. The molecule has 0 aliphatic carbocycles. The summed E-state index contributed by atoms with van der Waals surface area (Å²) in [7, 11) is -3.70. The van der Waals surface area contributed by atoms with Crippen molar-refractivity contribution in [3.8, 4) is 0 Å². The molecular formula is C22H29ClN2O3S. The van der Waals surface area contributed by atoms with Crippen molar-refractivity contribution in [3.63, 3.8) is 0 Å². The lowest BCUT2D eigenvalue weighted by Gasteiger charge is -2.31.